The summed E-state index contributed by atoms with van der Waals surface area (Å²) in [6.07, 6.45) is -7.01. The molecule has 9 heteroatoms. The Bertz CT molecular complexity index is 550. The normalized spacial score (nSPS) is 31.7. The van der Waals surface area contributed by atoms with Gasteiger partial charge in [-0.05, 0) is 19.1 Å². The number of hydrogen-bond acceptors (Lipinski definition) is 9. The van der Waals surface area contributed by atoms with Gasteiger partial charge in [0, 0.05) is 0 Å². The van der Waals surface area contributed by atoms with E-state index in [1.165, 1.54) is 6.92 Å². The highest BCUT2D eigenvalue weighted by molar-refractivity contribution is 5.91. The third kappa shape index (κ3) is 2.92. The summed E-state index contributed by atoms with van der Waals surface area (Å²) in [6.45, 7) is 1.42. The zero-order valence-corrected chi connectivity index (χ0v) is 11.4. The molecule has 2 rings (SSSR count). The van der Waals surface area contributed by atoms with Crippen molar-refractivity contribution in [2.45, 2.75) is 37.6 Å². The summed E-state index contributed by atoms with van der Waals surface area (Å²) in [5.41, 5.74) is -0.308. The lowest BCUT2D eigenvalue weighted by Crippen LogP contribution is -2.57. The fourth-order valence-electron chi connectivity index (χ4n) is 2.01. The molecule has 0 aromatic heterocycles. The van der Waals surface area contributed by atoms with Crippen molar-refractivity contribution in [2.24, 2.45) is 0 Å². The van der Waals surface area contributed by atoms with Crippen LogP contribution < -0.4 is 0 Å². The molecule has 1 aromatic rings. The Hall–Kier alpha value is -2.07. The van der Waals surface area contributed by atoms with Gasteiger partial charge in [0.15, 0.2) is 17.2 Å². The van der Waals surface area contributed by atoms with Gasteiger partial charge in [0.05, 0.1) is 11.7 Å². The van der Waals surface area contributed by atoms with Crippen LogP contribution in [0.25, 0.3) is 0 Å². The summed E-state index contributed by atoms with van der Waals surface area (Å²) in [5.74, 6) is -3.34. The highest BCUT2D eigenvalue weighted by Crippen LogP contribution is 2.35. The van der Waals surface area contributed by atoms with Gasteiger partial charge in [-0.1, -0.05) is 0 Å². The molecule has 0 saturated carbocycles. The number of ether oxygens (including phenoxy) is 2. The van der Waals surface area contributed by atoms with Crippen molar-refractivity contribution in [3.05, 3.63) is 17.7 Å². The van der Waals surface area contributed by atoms with E-state index >= 15 is 0 Å². The van der Waals surface area contributed by atoms with E-state index in [-0.39, 0.29) is 5.56 Å². The maximum absolute atomic E-state index is 11.9. The summed E-state index contributed by atoms with van der Waals surface area (Å²) in [4.78, 5) is 11.9. The van der Waals surface area contributed by atoms with Gasteiger partial charge in [-0.15, -0.1) is 0 Å². The van der Waals surface area contributed by atoms with E-state index in [1.54, 1.807) is 0 Å². The Labute approximate surface area is 124 Å². The van der Waals surface area contributed by atoms with Crippen molar-refractivity contribution in [1.29, 1.82) is 0 Å². The van der Waals surface area contributed by atoms with Crippen LogP contribution in [0.15, 0.2) is 12.1 Å². The number of phenols is 3. The van der Waals surface area contributed by atoms with Crippen LogP contribution in [0.5, 0.6) is 17.2 Å². The van der Waals surface area contributed by atoms with Crippen molar-refractivity contribution in [3.8, 4) is 17.2 Å². The van der Waals surface area contributed by atoms with Crippen LogP contribution in [0.1, 0.15) is 17.3 Å². The molecule has 0 amide bonds. The van der Waals surface area contributed by atoms with E-state index in [4.69, 9.17) is 9.47 Å². The predicted octanol–water partition coefficient (Wildman–Crippen LogP) is -1.21. The molecule has 6 N–H and O–H groups in total. The number of aliphatic hydroxyl groups excluding tert-OH is 3. The standard InChI is InChI=1S/C13H16O9/c1-4-8(16)10(18)11(19)13(21-4)22-12(20)5-2-6(14)9(17)7(15)3-5/h2-4,8,10-11,13-19H,1H3/t4?,8?,10-,11?,13?/m0/s1. The summed E-state index contributed by atoms with van der Waals surface area (Å²) in [5, 5.41) is 56.7. The molecular formula is C13H16O9. The number of rotatable bonds is 2. The molecule has 1 aromatic carbocycles. The molecule has 0 spiro atoms. The number of esters is 1. The van der Waals surface area contributed by atoms with Gasteiger partial charge in [-0.3, -0.25) is 0 Å². The Morgan fingerprint density at radius 3 is 2.14 bits per heavy atom. The van der Waals surface area contributed by atoms with Crippen LogP contribution in [0, 0.1) is 0 Å². The van der Waals surface area contributed by atoms with E-state index in [9.17, 15) is 35.4 Å². The second kappa shape index (κ2) is 5.97. The van der Waals surface area contributed by atoms with Crippen LogP contribution in [-0.2, 0) is 9.47 Å². The van der Waals surface area contributed by atoms with Gasteiger partial charge >= 0.3 is 5.97 Å². The Kier molecular flexibility index (Phi) is 4.42. The lowest BCUT2D eigenvalue weighted by atomic mass is 10.00. The van der Waals surface area contributed by atoms with Gasteiger partial charge < -0.3 is 40.1 Å². The molecule has 4 unspecified atom stereocenters. The number of benzene rings is 1. The van der Waals surface area contributed by atoms with E-state index in [1.807, 2.05) is 0 Å². The Morgan fingerprint density at radius 1 is 1.05 bits per heavy atom. The van der Waals surface area contributed by atoms with Crippen molar-refractivity contribution in [2.75, 3.05) is 0 Å². The molecule has 1 heterocycles. The highest BCUT2D eigenvalue weighted by Gasteiger charge is 2.43. The predicted molar refractivity (Wildman–Crippen MR) is 69.2 cm³/mol. The van der Waals surface area contributed by atoms with E-state index in [2.05, 4.69) is 0 Å². The molecular weight excluding hydrogens is 300 g/mol. The SMILES string of the molecule is CC1OC(OC(=O)c2cc(O)c(O)c(O)c2)C(O)[C@@H](O)C1O. The maximum atomic E-state index is 11.9. The second-order valence-electron chi connectivity index (χ2n) is 4.95. The first kappa shape index (κ1) is 16.3. The summed E-state index contributed by atoms with van der Waals surface area (Å²) in [6, 6.07) is 1.70. The molecule has 0 radical (unpaired) electrons. The number of hydrogen-bond donors (Lipinski definition) is 6. The monoisotopic (exact) mass is 316 g/mol. The summed E-state index contributed by atoms with van der Waals surface area (Å²) in [7, 11) is 0. The molecule has 22 heavy (non-hydrogen) atoms. The minimum absolute atomic E-state index is 0.308. The van der Waals surface area contributed by atoms with Gasteiger partial charge in [-0.2, -0.15) is 0 Å². The third-order valence-corrected chi connectivity index (χ3v) is 3.34. The first-order chi connectivity index (χ1) is 10.2. The highest BCUT2D eigenvalue weighted by atomic mass is 16.7. The molecule has 1 aliphatic rings. The van der Waals surface area contributed by atoms with Crippen LogP contribution in [0.3, 0.4) is 0 Å². The fourth-order valence-corrected chi connectivity index (χ4v) is 2.01. The van der Waals surface area contributed by atoms with E-state index in [0.29, 0.717) is 0 Å². The van der Waals surface area contributed by atoms with E-state index < -0.39 is 53.9 Å². The molecule has 1 saturated heterocycles. The smallest absolute Gasteiger partial charge is 0.340 e. The van der Waals surface area contributed by atoms with Crippen molar-refractivity contribution in [1.82, 2.24) is 0 Å². The minimum atomic E-state index is -1.67. The van der Waals surface area contributed by atoms with Gasteiger partial charge in [-0.25, -0.2) is 4.79 Å². The quantitative estimate of drug-likeness (QED) is 0.291. The lowest BCUT2D eigenvalue weighted by Gasteiger charge is -2.38. The number of carbonyl (C=O) groups is 1. The lowest BCUT2D eigenvalue weighted by molar-refractivity contribution is -0.276. The number of aromatic hydroxyl groups is 3. The average molecular weight is 316 g/mol. The second-order valence-corrected chi connectivity index (χ2v) is 4.95. The van der Waals surface area contributed by atoms with Crippen molar-refractivity contribution in [3.63, 3.8) is 0 Å². The van der Waals surface area contributed by atoms with Crippen LogP contribution >= 0.6 is 0 Å². The first-order valence-electron chi connectivity index (χ1n) is 6.38. The van der Waals surface area contributed by atoms with E-state index in [0.717, 1.165) is 12.1 Å². The molecule has 0 aliphatic carbocycles. The number of phenolic OH excluding ortho intramolecular Hbond substituents is 3. The van der Waals surface area contributed by atoms with Crippen LogP contribution in [0.4, 0.5) is 0 Å². The number of carbonyl (C=O) groups excluding carboxylic acids is 1. The molecule has 0 bridgehead atoms. The van der Waals surface area contributed by atoms with Gasteiger partial charge in [0.25, 0.3) is 0 Å². The molecule has 9 nitrogen and oxygen atoms in total. The zero-order chi connectivity index (χ0) is 16.6. The summed E-state index contributed by atoms with van der Waals surface area (Å²) < 4.78 is 9.92. The minimum Gasteiger partial charge on any atom is -0.504 e. The Morgan fingerprint density at radius 2 is 1.59 bits per heavy atom. The third-order valence-electron chi connectivity index (χ3n) is 3.34. The maximum Gasteiger partial charge on any atom is 0.340 e. The van der Waals surface area contributed by atoms with Crippen LogP contribution in [-0.4, -0.2) is 67.3 Å². The van der Waals surface area contributed by atoms with Gasteiger partial charge in [0.1, 0.15) is 18.3 Å². The Balaban J connectivity index is 2.15. The van der Waals surface area contributed by atoms with Gasteiger partial charge in [0.2, 0.25) is 6.29 Å². The topological polar surface area (TPSA) is 157 Å². The van der Waals surface area contributed by atoms with Crippen molar-refractivity contribution >= 4 is 5.97 Å². The average Bonchev–Trinajstić information content (AvgIpc) is 2.47. The largest absolute Gasteiger partial charge is 0.504 e. The zero-order valence-electron chi connectivity index (χ0n) is 11.4. The van der Waals surface area contributed by atoms with Crippen molar-refractivity contribution < 1.29 is 44.9 Å². The number of aliphatic hydroxyl groups is 3. The summed E-state index contributed by atoms with van der Waals surface area (Å²) >= 11 is 0. The fraction of sp³-hybridized carbons (Fsp3) is 0.462. The molecule has 5 atom stereocenters. The van der Waals surface area contributed by atoms with Crippen LogP contribution in [0.2, 0.25) is 0 Å². The molecule has 1 fully saturated rings. The molecule has 1 aliphatic heterocycles. The first-order valence-corrected chi connectivity index (χ1v) is 6.38. The molecule has 122 valence electrons.